The van der Waals surface area contributed by atoms with Crippen molar-refractivity contribution in [3.8, 4) is 5.75 Å². The highest BCUT2D eigenvalue weighted by molar-refractivity contribution is 5.94. The fourth-order valence-electron chi connectivity index (χ4n) is 1.55. The van der Waals surface area contributed by atoms with Gasteiger partial charge < -0.3 is 15.4 Å². The highest BCUT2D eigenvalue weighted by Crippen LogP contribution is 2.12. The molecule has 5 heteroatoms. The number of carbonyl (C=O) groups excluding carboxylic acids is 2. The van der Waals surface area contributed by atoms with Crippen LogP contribution < -0.4 is 15.4 Å². The molecule has 1 rings (SSSR count). The third kappa shape index (κ3) is 5.42. The Morgan fingerprint density at radius 3 is 2.68 bits per heavy atom. The lowest BCUT2D eigenvalue weighted by Crippen LogP contribution is -2.34. The molecule has 0 bridgehead atoms. The van der Waals surface area contributed by atoms with Gasteiger partial charge in [-0.2, -0.15) is 0 Å². The second-order valence-corrected chi connectivity index (χ2v) is 4.46. The monoisotopic (exact) mass is 264 g/mol. The standard InChI is InChI=1S/C14H20N2O3/c1-10(2)16-13(17)7-8-15-14(18)11-5-4-6-12(9-11)19-3/h4-6,9-10H,7-8H2,1-3H3,(H,15,18)(H,16,17). The van der Waals surface area contributed by atoms with Crippen LogP contribution in [-0.4, -0.2) is 31.5 Å². The van der Waals surface area contributed by atoms with E-state index in [9.17, 15) is 9.59 Å². The number of methoxy groups -OCH3 is 1. The summed E-state index contributed by atoms with van der Waals surface area (Å²) in [4.78, 5) is 23.2. The number of amides is 2. The molecular weight excluding hydrogens is 244 g/mol. The normalized spacial score (nSPS) is 10.1. The summed E-state index contributed by atoms with van der Waals surface area (Å²) in [6, 6.07) is 6.99. The van der Waals surface area contributed by atoms with Crippen LogP contribution in [0.5, 0.6) is 5.75 Å². The zero-order chi connectivity index (χ0) is 14.3. The lowest BCUT2D eigenvalue weighted by molar-refractivity contribution is -0.121. The molecule has 0 unspecified atom stereocenters. The highest BCUT2D eigenvalue weighted by atomic mass is 16.5. The lowest BCUT2D eigenvalue weighted by Gasteiger charge is -2.09. The Bertz CT molecular complexity index is 444. The van der Waals surface area contributed by atoms with Crippen molar-refractivity contribution >= 4 is 11.8 Å². The third-order valence-electron chi connectivity index (χ3n) is 2.42. The summed E-state index contributed by atoms with van der Waals surface area (Å²) in [6.45, 7) is 4.11. The molecule has 0 spiro atoms. The van der Waals surface area contributed by atoms with Crippen LogP contribution in [0.3, 0.4) is 0 Å². The maximum Gasteiger partial charge on any atom is 0.251 e. The molecular formula is C14H20N2O3. The Morgan fingerprint density at radius 2 is 2.05 bits per heavy atom. The van der Waals surface area contributed by atoms with Gasteiger partial charge in [0.2, 0.25) is 5.91 Å². The Kier molecular flexibility index (Phi) is 5.85. The van der Waals surface area contributed by atoms with Crippen molar-refractivity contribution in [2.75, 3.05) is 13.7 Å². The molecule has 19 heavy (non-hydrogen) atoms. The number of hydrogen-bond acceptors (Lipinski definition) is 3. The van der Waals surface area contributed by atoms with Crippen molar-refractivity contribution in [3.63, 3.8) is 0 Å². The molecule has 0 aliphatic heterocycles. The van der Waals surface area contributed by atoms with Crippen molar-refractivity contribution in [2.24, 2.45) is 0 Å². The van der Waals surface area contributed by atoms with Gasteiger partial charge in [0.05, 0.1) is 7.11 Å². The summed E-state index contributed by atoms with van der Waals surface area (Å²) in [5, 5.41) is 5.46. The second kappa shape index (κ2) is 7.41. The predicted octanol–water partition coefficient (Wildman–Crippen LogP) is 1.34. The molecule has 1 aromatic carbocycles. The average Bonchev–Trinajstić information content (AvgIpc) is 2.37. The largest absolute Gasteiger partial charge is 0.497 e. The summed E-state index contributed by atoms with van der Waals surface area (Å²) >= 11 is 0. The van der Waals surface area contributed by atoms with Gasteiger partial charge in [-0.3, -0.25) is 9.59 Å². The van der Waals surface area contributed by atoms with Crippen molar-refractivity contribution in [1.29, 1.82) is 0 Å². The number of hydrogen-bond donors (Lipinski definition) is 2. The summed E-state index contributed by atoms with van der Waals surface area (Å²) in [5.41, 5.74) is 0.517. The Labute approximate surface area is 113 Å². The van der Waals surface area contributed by atoms with Gasteiger partial charge in [0.1, 0.15) is 5.75 Å². The number of carbonyl (C=O) groups is 2. The first-order chi connectivity index (χ1) is 9.02. The third-order valence-corrected chi connectivity index (χ3v) is 2.42. The molecule has 0 heterocycles. The van der Waals surface area contributed by atoms with Gasteiger partial charge in [0, 0.05) is 24.6 Å². The van der Waals surface area contributed by atoms with Crippen LogP contribution in [0.25, 0.3) is 0 Å². The molecule has 0 saturated carbocycles. The summed E-state index contributed by atoms with van der Waals surface area (Å²) in [7, 11) is 1.55. The van der Waals surface area contributed by atoms with E-state index in [4.69, 9.17) is 4.74 Å². The molecule has 0 radical (unpaired) electrons. The molecule has 0 aromatic heterocycles. The first kappa shape index (κ1) is 15.0. The zero-order valence-corrected chi connectivity index (χ0v) is 11.5. The van der Waals surface area contributed by atoms with E-state index >= 15 is 0 Å². The summed E-state index contributed by atoms with van der Waals surface area (Å²) in [5.74, 6) is 0.349. The highest BCUT2D eigenvalue weighted by Gasteiger charge is 2.08. The Morgan fingerprint density at radius 1 is 1.32 bits per heavy atom. The van der Waals surface area contributed by atoms with Crippen LogP contribution in [0.4, 0.5) is 0 Å². The second-order valence-electron chi connectivity index (χ2n) is 4.46. The van der Waals surface area contributed by atoms with E-state index in [0.717, 1.165) is 0 Å². The van der Waals surface area contributed by atoms with Gasteiger partial charge in [-0.25, -0.2) is 0 Å². The Hall–Kier alpha value is -2.04. The van der Waals surface area contributed by atoms with Crippen molar-refractivity contribution < 1.29 is 14.3 Å². The van der Waals surface area contributed by atoms with Crippen LogP contribution in [0.15, 0.2) is 24.3 Å². The fourth-order valence-corrected chi connectivity index (χ4v) is 1.55. The molecule has 2 amide bonds. The molecule has 0 fully saturated rings. The quantitative estimate of drug-likeness (QED) is 0.814. The van der Waals surface area contributed by atoms with E-state index in [-0.39, 0.29) is 24.3 Å². The first-order valence-corrected chi connectivity index (χ1v) is 6.24. The number of ether oxygens (including phenoxy) is 1. The zero-order valence-electron chi connectivity index (χ0n) is 11.5. The van der Waals surface area contributed by atoms with Crippen molar-refractivity contribution in [2.45, 2.75) is 26.3 Å². The SMILES string of the molecule is COc1cccc(C(=O)NCCC(=O)NC(C)C)c1. The van der Waals surface area contributed by atoms with Crippen molar-refractivity contribution in [3.05, 3.63) is 29.8 Å². The van der Waals surface area contributed by atoms with Gasteiger partial charge in [-0.1, -0.05) is 6.07 Å². The van der Waals surface area contributed by atoms with Gasteiger partial charge >= 0.3 is 0 Å². The van der Waals surface area contributed by atoms with Crippen LogP contribution in [-0.2, 0) is 4.79 Å². The van der Waals surface area contributed by atoms with Crippen LogP contribution in [0.2, 0.25) is 0 Å². The van der Waals surface area contributed by atoms with E-state index < -0.39 is 0 Å². The molecule has 2 N–H and O–H groups in total. The van der Waals surface area contributed by atoms with E-state index in [0.29, 0.717) is 17.9 Å². The maximum atomic E-state index is 11.8. The minimum absolute atomic E-state index is 0.0686. The van der Waals surface area contributed by atoms with E-state index in [2.05, 4.69) is 10.6 Å². The molecule has 104 valence electrons. The van der Waals surface area contributed by atoms with Crippen LogP contribution in [0.1, 0.15) is 30.6 Å². The van der Waals surface area contributed by atoms with E-state index in [1.54, 1.807) is 31.4 Å². The summed E-state index contributed by atoms with van der Waals surface area (Å²) < 4.78 is 5.05. The fraction of sp³-hybridized carbons (Fsp3) is 0.429. The Balaban J connectivity index is 2.40. The average molecular weight is 264 g/mol. The van der Waals surface area contributed by atoms with Gasteiger partial charge in [0.15, 0.2) is 0 Å². The minimum atomic E-state index is -0.212. The van der Waals surface area contributed by atoms with Gasteiger partial charge in [0.25, 0.3) is 5.91 Å². The van der Waals surface area contributed by atoms with Crippen LogP contribution in [0, 0.1) is 0 Å². The topological polar surface area (TPSA) is 67.4 Å². The first-order valence-electron chi connectivity index (χ1n) is 6.24. The summed E-state index contributed by atoms with van der Waals surface area (Å²) in [6.07, 6.45) is 0.272. The predicted molar refractivity (Wildman–Crippen MR) is 73.2 cm³/mol. The number of benzene rings is 1. The number of nitrogens with one attached hydrogen (secondary N) is 2. The molecule has 1 aromatic rings. The lowest BCUT2D eigenvalue weighted by atomic mass is 10.2. The molecule has 0 saturated heterocycles. The number of rotatable bonds is 6. The molecule has 0 aliphatic rings. The smallest absolute Gasteiger partial charge is 0.251 e. The molecule has 5 nitrogen and oxygen atoms in total. The molecule has 0 aliphatic carbocycles. The van der Waals surface area contributed by atoms with Gasteiger partial charge in [-0.15, -0.1) is 0 Å². The maximum absolute atomic E-state index is 11.8. The van der Waals surface area contributed by atoms with Crippen LogP contribution >= 0.6 is 0 Å². The van der Waals surface area contributed by atoms with E-state index in [1.807, 2.05) is 13.8 Å². The molecule has 0 atom stereocenters. The van der Waals surface area contributed by atoms with Crippen molar-refractivity contribution in [1.82, 2.24) is 10.6 Å². The minimum Gasteiger partial charge on any atom is -0.497 e. The van der Waals surface area contributed by atoms with Gasteiger partial charge in [-0.05, 0) is 32.0 Å². The van der Waals surface area contributed by atoms with E-state index in [1.165, 1.54) is 0 Å².